The van der Waals surface area contributed by atoms with Crippen LogP contribution in [0.3, 0.4) is 0 Å². The molecule has 1 fully saturated rings. The van der Waals surface area contributed by atoms with E-state index in [9.17, 15) is 8.42 Å². The molecule has 2 rings (SSSR count). The van der Waals surface area contributed by atoms with Crippen molar-refractivity contribution in [2.75, 3.05) is 65.5 Å². The molecule has 1 aliphatic heterocycles. The van der Waals surface area contributed by atoms with Gasteiger partial charge in [-0.3, -0.25) is 4.90 Å². The highest BCUT2D eigenvalue weighted by atomic mass is 32.2. The fourth-order valence-electron chi connectivity index (χ4n) is 2.83. The Morgan fingerprint density at radius 2 is 1.85 bits per heavy atom. The van der Waals surface area contributed by atoms with Gasteiger partial charge in [-0.15, -0.1) is 0 Å². The average molecular weight is 387 g/mol. The zero-order valence-electron chi connectivity index (χ0n) is 15.6. The Kier molecular flexibility index (Phi) is 8.97. The lowest BCUT2D eigenvalue weighted by molar-refractivity contribution is 0.0172. The van der Waals surface area contributed by atoms with Gasteiger partial charge in [-0.2, -0.15) is 0 Å². The van der Waals surface area contributed by atoms with E-state index in [1.165, 1.54) is 5.56 Å². The van der Waals surface area contributed by atoms with E-state index in [0.717, 1.165) is 18.7 Å². The molecule has 1 unspecified atom stereocenters. The summed E-state index contributed by atoms with van der Waals surface area (Å²) in [5, 5.41) is 0. The topological polar surface area (TPSA) is 77.1 Å². The quantitative estimate of drug-likeness (QED) is 0.571. The molecular formula is C18H30N2O5S. The van der Waals surface area contributed by atoms with E-state index in [0.29, 0.717) is 33.0 Å². The first kappa shape index (κ1) is 21.3. The van der Waals surface area contributed by atoms with Gasteiger partial charge in [-0.25, -0.2) is 13.1 Å². The molecule has 1 heterocycles. The van der Waals surface area contributed by atoms with Gasteiger partial charge in [0, 0.05) is 32.8 Å². The van der Waals surface area contributed by atoms with E-state index in [2.05, 4.69) is 33.9 Å². The van der Waals surface area contributed by atoms with Crippen LogP contribution < -0.4 is 4.72 Å². The molecular weight excluding hydrogens is 356 g/mol. The second-order valence-corrected chi connectivity index (χ2v) is 8.27. The molecule has 7 nitrogen and oxygen atoms in total. The number of hydrogen-bond donors (Lipinski definition) is 1. The zero-order valence-corrected chi connectivity index (χ0v) is 16.5. The van der Waals surface area contributed by atoms with Gasteiger partial charge in [0.25, 0.3) is 0 Å². The molecule has 1 N–H and O–H groups in total. The molecule has 0 radical (unpaired) electrons. The van der Waals surface area contributed by atoms with Crippen LogP contribution in [0.15, 0.2) is 24.3 Å². The molecule has 1 aliphatic rings. The number of morpholine rings is 1. The smallest absolute Gasteiger partial charge is 0.213 e. The summed E-state index contributed by atoms with van der Waals surface area (Å²) in [4.78, 5) is 2.27. The summed E-state index contributed by atoms with van der Waals surface area (Å²) < 4.78 is 42.8. The van der Waals surface area contributed by atoms with Crippen molar-refractivity contribution in [2.24, 2.45) is 0 Å². The number of ether oxygens (including phenoxy) is 3. The van der Waals surface area contributed by atoms with Crippen LogP contribution in [-0.4, -0.2) is 78.8 Å². The standard InChI is InChI=1S/C18H30N2O5S/c1-16-3-5-17(6-4-16)18(20-7-9-24-10-8-20)15-19-26(21,22)14-13-25-12-11-23-2/h3-6,18-19H,7-15H2,1-2H3. The lowest BCUT2D eigenvalue weighted by Gasteiger charge is -2.35. The van der Waals surface area contributed by atoms with Crippen LogP contribution in [0.5, 0.6) is 0 Å². The molecule has 1 aromatic rings. The maximum atomic E-state index is 12.3. The van der Waals surface area contributed by atoms with Crippen molar-refractivity contribution in [1.29, 1.82) is 0 Å². The number of sulfonamides is 1. The number of methoxy groups -OCH3 is 1. The number of nitrogens with one attached hydrogen (secondary N) is 1. The van der Waals surface area contributed by atoms with Crippen LogP contribution in [0.4, 0.5) is 0 Å². The largest absolute Gasteiger partial charge is 0.382 e. The summed E-state index contributed by atoms with van der Waals surface area (Å²) in [6.07, 6.45) is 0. The van der Waals surface area contributed by atoms with Crippen molar-refractivity contribution in [3.63, 3.8) is 0 Å². The number of rotatable bonds is 11. The summed E-state index contributed by atoms with van der Waals surface area (Å²) in [7, 11) is -1.81. The monoisotopic (exact) mass is 386 g/mol. The average Bonchev–Trinajstić information content (AvgIpc) is 2.64. The Bertz CT molecular complexity index is 615. The second kappa shape index (κ2) is 11.0. The van der Waals surface area contributed by atoms with Crippen LogP contribution in [0.1, 0.15) is 17.2 Å². The highest BCUT2D eigenvalue weighted by Crippen LogP contribution is 2.22. The lowest BCUT2D eigenvalue weighted by atomic mass is 10.0. The van der Waals surface area contributed by atoms with E-state index in [-0.39, 0.29) is 18.4 Å². The van der Waals surface area contributed by atoms with Crippen molar-refractivity contribution in [3.05, 3.63) is 35.4 Å². The van der Waals surface area contributed by atoms with Crippen molar-refractivity contribution >= 4 is 10.0 Å². The Balaban J connectivity index is 1.94. The Hall–Kier alpha value is -1.03. The number of hydrogen-bond acceptors (Lipinski definition) is 6. The Labute approximate surface area is 156 Å². The van der Waals surface area contributed by atoms with Crippen LogP contribution in [0.25, 0.3) is 0 Å². The number of aryl methyl sites for hydroxylation is 1. The molecule has 26 heavy (non-hydrogen) atoms. The third-order valence-electron chi connectivity index (χ3n) is 4.37. The van der Waals surface area contributed by atoms with E-state index >= 15 is 0 Å². The van der Waals surface area contributed by atoms with Gasteiger partial charge in [-0.05, 0) is 12.5 Å². The van der Waals surface area contributed by atoms with Crippen molar-refractivity contribution in [2.45, 2.75) is 13.0 Å². The van der Waals surface area contributed by atoms with Crippen LogP contribution >= 0.6 is 0 Å². The first-order valence-electron chi connectivity index (χ1n) is 8.94. The minimum absolute atomic E-state index is 0.0105. The van der Waals surface area contributed by atoms with E-state index in [4.69, 9.17) is 14.2 Å². The molecule has 0 aliphatic carbocycles. The molecule has 148 valence electrons. The fourth-order valence-corrected chi connectivity index (χ4v) is 3.72. The van der Waals surface area contributed by atoms with Crippen LogP contribution in [-0.2, 0) is 24.2 Å². The first-order chi connectivity index (χ1) is 12.5. The minimum Gasteiger partial charge on any atom is -0.382 e. The molecule has 8 heteroatoms. The van der Waals surface area contributed by atoms with Crippen LogP contribution in [0, 0.1) is 6.92 Å². The molecule has 1 atom stereocenters. The predicted molar refractivity (Wildman–Crippen MR) is 101 cm³/mol. The second-order valence-electron chi connectivity index (χ2n) is 6.35. The van der Waals surface area contributed by atoms with E-state index in [1.807, 2.05) is 6.92 Å². The molecule has 0 saturated carbocycles. The third kappa shape index (κ3) is 7.30. The molecule has 0 bridgehead atoms. The molecule has 0 aromatic heterocycles. The van der Waals surface area contributed by atoms with Gasteiger partial charge >= 0.3 is 0 Å². The summed E-state index contributed by atoms with van der Waals surface area (Å²) in [6, 6.07) is 8.24. The maximum Gasteiger partial charge on any atom is 0.213 e. The zero-order chi connectivity index (χ0) is 18.8. The first-order valence-corrected chi connectivity index (χ1v) is 10.6. The van der Waals surface area contributed by atoms with Crippen molar-refractivity contribution < 1.29 is 22.6 Å². The van der Waals surface area contributed by atoms with Gasteiger partial charge < -0.3 is 14.2 Å². The molecule has 1 aromatic carbocycles. The van der Waals surface area contributed by atoms with Gasteiger partial charge in [-0.1, -0.05) is 29.8 Å². The van der Waals surface area contributed by atoms with Crippen LogP contribution in [0.2, 0.25) is 0 Å². The maximum absolute atomic E-state index is 12.3. The third-order valence-corrected chi connectivity index (χ3v) is 5.68. The van der Waals surface area contributed by atoms with Gasteiger partial charge in [0.1, 0.15) is 0 Å². The van der Waals surface area contributed by atoms with Crippen molar-refractivity contribution in [1.82, 2.24) is 9.62 Å². The summed E-state index contributed by atoms with van der Waals surface area (Å²) >= 11 is 0. The minimum atomic E-state index is -3.39. The molecule has 0 amide bonds. The van der Waals surface area contributed by atoms with Gasteiger partial charge in [0.2, 0.25) is 10.0 Å². The van der Waals surface area contributed by atoms with E-state index < -0.39 is 10.0 Å². The Morgan fingerprint density at radius 1 is 1.15 bits per heavy atom. The normalized spacial score (nSPS) is 17.3. The molecule has 1 saturated heterocycles. The van der Waals surface area contributed by atoms with Gasteiger partial charge in [0.15, 0.2) is 0 Å². The highest BCUT2D eigenvalue weighted by molar-refractivity contribution is 7.89. The summed E-state index contributed by atoms with van der Waals surface area (Å²) in [5.74, 6) is -0.0551. The highest BCUT2D eigenvalue weighted by Gasteiger charge is 2.24. The summed E-state index contributed by atoms with van der Waals surface area (Å²) in [6.45, 7) is 6.31. The SMILES string of the molecule is COCCOCCS(=O)(=O)NCC(c1ccc(C)cc1)N1CCOCC1. The van der Waals surface area contributed by atoms with Crippen molar-refractivity contribution in [3.8, 4) is 0 Å². The summed E-state index contributed by atoms with van der Waals surface area (Å²) in [5.41, 5.74) is 2.29. The fraction of sp³-hybridized carbons (Fsp3) is 0.667. The lowest BCUT2D eigenvalue weighted by Crippen LogP contribution is -2.44. The predicted octanol–water partition coefficient (Wildman–Crippen LogP) is 0.951. The Morgan fingerprint density at radius 3 is 2.50 bits per heavy atom. The van der Waals surface area contributed by atoms with E-state index in [1.54, 1.807) is 7.11 Å². The molecule has 0 spiro atoms. The number of nitrogens with zero attached hydrogens (tertiary/aromatic N) is 1. The number of benzene rings is 1. The van der Waals surface area contributed by atoms with Gasteiger partial charge in [0.05, 0.1) is 38.8 Å².